The summed E-state index contributed by atoms with van der Waals surface area (Å²) in [6.07, 6.45) is -1.57. The number of halogens is 2. The van der Waals surface area contributed by atoms with Crippen LogP contribution in [-0.4, -0.2) is 11.0 Å². The molecule has 0 heterocycles. The molecule has 0 radical (unpaired) electrons. The number of rotatable bonds is 4. The van der Waals surface area contributed by atoms with Crippen LogP contribution in [0.1, 0.15) is 18.1 Å². The van der Waals surface area contributed by atoms with E-state index in [1.807, 2.05) is 5.43 Å². The number of amides is 1. The summed E-state index contributed by atoms with van der Waals surface area (Å²) in [5, 5.41) is 10.5. The van der Waals surface area contributed by atoms with Gasteiger partial charge in [0, 0.05) is 10.6 Å². The maximum Gasteiger partial charge on any atom is 0.236 e. The molecule has 1 atom stereocenters. The number of nitrogens with one attached hydrogen (secondary N) is 1. The first-order valence-electron chi connectivity index (χ1n) is 6.24. The number of carbonyl (C=O) groups is 1. The van der Waals surface area contributed by atoms with Crippen molar-refractivity contribution in [3.8, 4) is 11.1 Å². The monoisotopic (exact) mass is 308 g/mol. The predicted octanol–water partition coefficient (Wildman–Crippen LogP) is 2.56. The second-order valence-electron chi connectivity index (χ2n) is 4.53. The van der Waals surface area contributed by atoms with Crippen molar-refractivity contribution in [2.45, 2.75) is 12.5 Å². The summed E-state index contributed by atoms with van der Waals surface area (Å²) in [7, 11) is 0. The summed E-state index contributed by atoms with van der Waals surface area (Å²) < 4.78 is 13.8. The number of hydrogen-bond acceptors (Lipinski definition) is 3. The highest BCUT2D eigenvalue weighted by molar-refractivity contribution is 6.30. The Hall–Kier alpha value is -1.95. The summed E-state index contributed by atoms with van der Waals surface area (Å²) in [6.45, 7) is 0. The molecule has 1 unspecified atom stereocenters. The molecule has 0 aromatic heterocycles. The van der Waals surface area contributed by atoms with Crippen LogP contribution in [0.15, 0.2) is 42.5 Å². The van der Waals surface area contributed by atoms with Gasteiger partial charge >= 0.3 is 0 Å². The SMILES string of the molecule is NNC(=O)CC(O)c1cc(-c2ccc(Cl)cc2)ccc1F. The summed E-state index contributed by atoms with van der Waals surface area (Å²) in [5.41, 5.74) is 3.50. The first kappa shape index (κ1) is 15.4. The van der Waals surface area contributed by atoms with E-state index in [1.165, 1.54) is 12.1 Å². The Morgan fingerprint density at radius 3 is 2.48 bits per heavy atom. The Morgan fingerprint density at radius 1 is 1.24 bits per heavy atom. The van der Waals surface area contributed by atoms with Gasteiger partial charge in [-0.25, -0.2) is 10.2 Å². The summed E-state index contributed by atoms with van der Waals surface area (Å²) in [5.74, 6) is 3.81. The maximum absolute atomic E-state index is 13.8. The zero-order valence-electron chi connectivity index (χ0n) is 11.0. The fourth-order valence-electron chi connectivity index (χ4n) is 1.97. The van der Waals surface area contributed by atoms with E-state index in [0.29, 0.717) is 5.02 Å². The molecule has 2 aromatic carbocycles. The van der Waals surface area contributed by atoms with Crippen LogP contribution < -0.4 is 11.3 Å². The Kier molecular flexibility index (Phi) is 4.90. The minimum atomic E-state index is -1.26. The maximum atomic E-state index is 13.8. The smallest absolute Gasteiger partial charge is 0.236 e. The molecule has 0 aliphatic rings. The topological polar surface area (TPSA) is 75.3 Å². The van der Waals surface area contributed by atoms with Gasteiger partial charge in [-0.05, 0) is 35.4 Å². The first-order valence-corrected chi connectivity index (χ1v) is 6.62. The van der Waals surface area contributed by atoms with Crippen molar-refractivity contribution >= 4 is 17.5 Å². The highest BCUT2D eigenvalue weighted by Crippen LogP contribution is 2.27. The van der Waals surface area contributed by atoms with Gasteiger partial charge in [-0.15, -0.1) is 0 Å². The van der Waals surface area contributed by atoms with E-state index in [1.54, 1.807) is 30.3 Å². The molecule has 0 bridgehead atoms. The van der Waals surface area contributed by atoms with Crippen LogP contribution in [-0.2, 0) is 4.79 Å². The van der Waals surface area contributed by atoms with Crippen molar-refractivity contribution in [2.24, 2.45) is 5.84 Å². The molecule has 0 aliphatic carbocycles. The fourth-order valence-corrected chi connectivity index (χ4v) is 2.09. The van der Waals surface area contributed by atoms with Crippen LogP contribution in [0.25, 0.3) is 11.1 Å². The van der Waals surface area contributed by atoms with Crippen LogP contribution in [0.4, 0.5) is 4.39 Å². The summed E-state index contributed by atoms with van der Waals surface area (Å²) >= 11 is 5.82. The second-order valence-corrected chi connectivity index (χ2v) is 4.97. The minimum absolute atomic E-state index is 0.0473. The number of carbonyl (C=O) groups excluding carboxylic acids is 1. The Labute approximate surface area is 126 Å². The predicted molar refractivity (Wildman–Crippen MR) is 78.8 cm³/mol. The lowest BCUT2D eigenvalue weighted by molar-refractivity contribution is -0.123. The van der Waals surface area contributed by atoms with Gasteiger partial charge in [-0.1, -0.05) is 29.8 Å². The molecule has 0 saturated carbocycles. The number of benzene rings is 2. The van der Waals surface area contributed by atoms with E-state index in [4.69, 9.17) is 17.4 Å². The van der Waals surface area contributed by atoms with Crippen LogP contribution in [0.2, 0.25) is 5.02 Å². The zero-order valence-corrected chi connectivity index (χ0v) is 11.8. The number of hydrogen-bond donors (Lipinski definition) is 3. The molecule has 21 heavy (non-hydrogen) atoms. The van der Waals surface area contributed by atoms with Gasteiger partial charge in [-0.2, -0.15) is 0 Å². The van der Waals surface area contributed by atoms with E-state index in [9.17, 15) is 14.3 Å². The van der Waals surface area contributed by atoms with Crippen molar-refractivity contribution in [1.29, 1.82) is 0 Å². The molecule has 0 saturated heterocycles. The van der Waals surface area contributed by atoms with Crippen LogP contribution in [0.3, 0.4) is 0 Å². The van der Waals surface area contributed by atoms with E-state index >= 15 is 0 Å². The molecule has 6 heteroatoms. The Balaban J connectivity index is 2.32. The summed E-state index contributed by atoms with van der Waals surface area (Å²) in [4.78, 5) is 11.2. The van der Waals surface area contributed by atoms with Gasteiger partial charge in [0.2, 0.25) is 5.91 Å². The largest absolute Gasteiger partial charge is 0.388 e. The normalized spacial score (nSPS) is 12.0. The van der Waals surface area contributed by atoms with Crippen molar-refractivity contribution in [2.75, 3.05) is 0 Å². The highest BCUT2D eigenvalue weighted by Gasteiger charge is 2.17. The number of aliphatic hydroxyl groups excluding tert-OH is 1. The molecular weight excluding hydrogens is 295 g/mol. The van der Waals surface area contributed by atoms with Crippen molar-refractivity contribution in [3.05, 3.63) is 58.9 Å². The Morgan fingerprint density at radius 2 is 1.86 bits per heavy atom. The lowest BCUT2D eigenvalue weighted by atomic mass is 9.99. The lowest BCUT2D eigenvalue weighted by Gasteiger charge is -2.13. The van der Waals surface area contributed by atoms with Crippen molar-refractivity contribution in [3.63, 3.8) is 0 Å². The first-order chi connectivity index (χ1) is 10.0. The molecule has 0 fully saturated rings. The zero-order chi connectivity index (χ0) is 15.4. The third-order valence-corrected chi connectivity index (χ3v) is 3.32. The third kappa shape index (κ3) is 3.78. The van der Waals surface area contributed by atoms with Gasteiger partial charge in [0.1, 0.15) is 5.82 Å². The average Bonchev–Trinajstić information content (AvgIpc) is 2.48. The molecule has 110 valence electrons. The molecule has 1 amide bonds. The van der Waals surface area contributed by atoms with Crippen molar-refractivity contribution in [1.82, 2.24) is 5.43 Å². The lowest BCUT2D eigenvalue weighted by Crippen LogP contribution is -2.31. The average molecular weight is 309 g/mol. The van der Waals surface area contributed by atoms with Gasteiger partial charge in [-0.3, -0.25) is 10.2 Å². The number of nitrogens with two attached hydrogens (primary N) is 1. The van der Waals surface area contributed by atoms with E-state index in [0.717, 1.165) is 11.1 Å². The van der Waals surface area contributed by atoms with Crippen LogP contribution in [0.5, 0.6) is 0 Å². The van der Waals surface area contributed by atoms with Crippen LogP contribution >= 0.6 is 11.6 Å². The molecule has 4 N–H and O–H groups in total. The molecule has 4 nitrogen and oxygen atoms in total. The van der Waals surface area contributed by atoms with Gasteiger partial charge in [0.15, 0.2) is 0 Å². The van der Waals surface area contributed by atoms with Gasteiger partial charge < -0.3 is 5.11 Å². The molecule has 2 rings (SSSR count). The molecule has 0 spiro atoms. The van der Waals surface area contributed by atoms with Gasteiger partial charge in [0.25, 0.3) is 0 Å². The molecule has 2 aromatic rings. The molecular formula is C15H14ClFN2O2. The Bertz CT molecular complexity index is 647. The van der Waals surface area contributed by atoms with Crippen molar-refractivity contribution < 1.29 is 14.3 Å². The number of aliphatic hydroxyl groups is 1. The molecule has 0 aliphatic heterocycles. The second kappa shape index (κ2) is 6.67. The fraction of sp³-hybridized carbons (Fsp3) is 0.133. The quantitative estimate of drug-likeness (QED) is 0.461. The van der Waals surface area contributed by atoms with E-state index in [2.05, 4.69) is 0 Å². The van der Waals surface area contributed by atoms with Crippen LogP contribution in [0, 0.1) is 5.82 Å². The number of hydrazine groups is 1. The van der Waals surface area contributed by atoms with Gasteiger partial charge in [0.05, 0.1) is 12.5 Å². The standard InChI is InChI=1S/C15H14ClFN2O2/c16-11-4-1-9(2-5-11)10-3-6-13(17)12(7-10)14(20)8-15(21)19-18/h1-7,14,20H,8,18H2,(H,19,21). The minimum Gasteiger partial charge on any atom is -0.388 e. The third-order valence-electron chi connectivity index (χ3n) is 3.07. The van der Waals surface area contributed by atoms with E-state index in [-0.39, 0.29) is 12.0 Å². The summed E-state index contributed by atoms with van der Waals surface area (Å²) in [6, 6.07) is 11.4. The highest BCUT2D eigenvalue weighted by atomic mass is 35.5. The van der Waals surface area contributed by atoms with E-state index < -0.39 is 17.8 Å².